The first kappa shape index (κ1) is 11.4. The average Bonchev–Trinajstić information content (AvgIpc) is 2.95. The lowest BCUT2D eigenvalue weighted by Crippen LogP contribution is -2.10. The Morgan fingerprint density at radius 1 is 1.33 bits per heavy atom. The van der Waals surface area contributed by atoms with E-state index in [1.54, 1.807) is 6.07 Å². The fourth-order valence-electron chi connectivity index (χ4n) is 1.65. The van der Waals surface area contributed by atoms with Crippen LogP contribution in [0, 0.1) is 6.92 Å². The van der Waals surface area contributed by atoms with Crippen LogP contribution in [0.5, 0.6) is 0 Å². The maximum atomic E-state index is 11.9. The van der Waals surface area contributed by atoms with Crippen molar-refractivity contribution in [2.45, 2.75) is 6.92 Å². The van der Waals surface area contributed by atoms with Crippen LogP contribution in [0.1, 0.15) is 15.9 Å². The molecule has 1 N–H and O–H groups in total. The number of hydrogen-bond acceptors (Lipinski definition) is 4. The molecule has 0 fully saturated rings. The van der Waals surface area contributed by atoms with Crippen LogP contribution in [-0.4, -0.2) is 10.9 Å². The van der Waals surface area contributed by atoms with Gasteiger partial charge in [0.2, 0.25) is 0 Å². The van der Waals surface area contributed by atoms with Crippen molar-refractivity contribution < 1.29 is 4.79 Å². The van der Waals surface area contributed by atoms with Crippen molar-refractivity contribution >= 4 is 43.9 Å². The van der Waals surface area contributed by atoms with Crippen LogP contribution in [-0.2, 0) is 0 Å². The zero-order chi connectivity index (χ0) is 12.5. The minimum atomic E-state index is -0.105. The van der Waals surface area contributed by atoms with Crippen LogP contribution in [0.3, 0.4) is 0 Å². The van der Waals surface area contributed by atoms with Gasteiger partial charge in [0.1, 0.15) is 0 Å². The van der Waals surface area contributed by atoms with Crippen molar-refractivity contribution in [2.75, 3.05) is 5.32 Å². The molecule has 18 heavy (non-hydrogen) atoms. The van der Waals surface area contributed by atoms with Gasteiger partial charge in [-0.2, -0.15) is 11.3 Å². The van der Waals surface area contributed by atoms with Crippen LogP contribution in [0.25, 0.3) is 10.2 Å². The summed E-state index contributed by atoms with van der Waals surface area (Å²) in [5, 5.41) is 7.19. The lowest BCUT2D eigenvalue weighted by molar-refractivity contribution is 0.102. The second-order valence-corrected chi connectivity index (χ2v) is 5.77. The van der Waals surface area contributed by atoms with Gasteiger partial charge in [-0.25, -0.2) is 4.98 Å². The van der Waals surface area contributed by atoms with E-state index in [4.69, 9.17) is 0 Å². The lowest BCUT2D eigenvalue weighted by atomic mass is 10.2. The van der Waals surface area contributed by atoms with Crippen molar-refractivity contribution in [3.8, 4) is 0 Å². The van der Waals surface area contributed by atoms with E-state index in [1.165, 1.54) is 28.2 Å². The van der Waals surface area contributed by atoms with Gasteiger partial charge >= 0.3 is 0 Å². The number of rotatable bonds is 2. The van der Waals surface area contributed by atoms with Gasteiger partial charge in [0, 0.05) is 5.38 Å². The minimum absolute atomic E-state index is 0.105. The summed E-state index contributed by atoms with van der Waals surface area (Å²) >= 11 is 3.01. The van der Waals surface area contributed by atoms with Crippen molar-refractivity contribution in [2.24, 2.45) is 0 Å². The molecule has 0 aliphatic carbocycles. The number of carbonyl (C=O) groups excluding carboxylic acids is 1. The van der Waals surface area contributed by atoms with Gasteiger partial charge in [-0.1, -0.05) is 17.4 Å². The Balaban J connectivity index is 1.89. The van der Waals surface area contributed by atoms with Crippen LogP contribution in [0.2, 0.25) is 0 Å². The molecule has 3 nitrogen and oxygen atoms in total. The van der Waals surface area contributed by atoms with E-state index < -0.39 is 0 Å². The molecule has 90 valence electrons. The van der Waals surface area contributed by atoms with Crippen LogP contribution < -0.4 is 5.32 Å². The van der Waals surface area contributed by atoms with Gasteiger partial charge < -0.3 is 0 Å². The molecule has 3 rings (SSSR count). The second kappa shape index (κ2) is 4.51. The normalized spacial score (nSPS) is 10.7. The maximum Gasteiger partial charge on any atom is 0.258 e. The molecule has 1 aromatic carbocycles. The topological polar surface area (TPSA) is 42.0 Å². The average molecular weight is 274 g/mol. The van der Waals surface area contributed by atoms with E-state index >= 15 is 0 Å². The van der Waals surface area contributed by atoms with Gasteiger partial charge in [0.25, 0.3) is 5.91 Å². The van der Waals surface area contributed by atoms with Gasteiger partial charge in [-0.3, -0.25) is 10.1 Å². The predicted octanol–water partition coefficient (Wildman–Crippen LogP) is 3.92. The zero-order valence-electron chi connectivity index (χ0n) is 9.64. The molecule has 2 aromatic heterocycles. The molecule has 0 spiro atoms. The molecule has 0 atom stereocenters. The number of aromatic nitrogens is 1. The molecule has 1 amide bonds. The fraction of sp³-hybridized carbons (Fsp3) is 0.0769. The van der Waals surface area contributed by atoms with E-state index in [2.05, 4.69) is 16.4 Å². The number of nitrogens with one attached hydrogen (secondary N) is 1. The summed E-state index contributed by atoms with van der Waals surface area (Å²) in [6, 6.07) is 7.87. The monoisotopic (exact) mass is 274 g/mol. The number of aryl methyl sites for hydroxylation is 1. The van der Waals surface area contributed by atoms with Crippen LogP contribution in [0.15, 0.2) is 35.0 Å². The summed E-state index contributed by atoms with van der Waals surface area (Å²) in [7, 11) is 0. The molecule has 3 aromatic rings. The predicted molar refractivity (Wildman–Crippen MR) is 76.6 cm³/mol. The van der Waals surface area contributed by atoms with Crippen LogP contribution in [0.4, 0.5) is 5.13 Å². The Kier molecular flexibility index (Phi) is 2.85. The van der Waals surface area contributed by atoms with Gasteiger partial charge in [0.05, 0.1) is 15.8 Å². The molecule has 0 unspecified atom stereocenters. The van der Waals surface area contributed by atoms with Crippen molar-refractivity contribution in [3.63, 3.8) is 0 Å². The molecule has 5 heteroatoms. The van der Waals surface area contributed by atoms with Crippen molar-refractivity contribution in [3.05, 3.63) is 46.2 Å². The minimum Gasteiger partial charge on any atom is -0.298 e. The Hall–Kier alpha value is -1.72. The first-order valence-corrected chi connectivity index (χ1v) is 7.19. The SMILES string of the molecule is Cc1ccc2nc(NC(=O)c3ccsc3)sc2c1. The summed E-state index contributed by atoms with van der Waals surface area (Å²) < 4.78 is 1.09. The number of carbonyl (C=O) groups is 1. The third kappa shape index (κ3) is 2.14. The van der Waals surface area contributed by atoms with Gasteiger partial charge in [-0.15, -0.1) is 0 Å². The van der Waals surface area contributed by atoms with E-state index in [-0.39, 0.29) is 5.91 Å². The third-order valence-electron chi connectivity index (χ3n) is 2.55. The summed E-state index contributed by atoms with van der Waals surface area (Å²) in [4.78, 5) is 16.3. The number of hydrogen-bond donors (Lipinski definition) is 1. The highest BCUT2D eigenvalue weighted by Crippen LogP contribution is 2.27. The number of anilines is 1. The number of thiazole rings is 1. The first-order chi connectivity index (χ1) is 8.72. The number of benzene rings is 1. The lowest BCUT2D eigenvalue weighted by Gasteiger charge is -1.97. The molecule has 0 saturated carbocycles. The fourth-order valence-corrected chi connectivity index (χ4v) is 3.24. The van der Waals surface area contributed by atoms with Gasteiger partial charge in [0.15, 0.2) is 5.13 Å². The summed E-state index contributed by atoms with van der Waals surface area (Å²) in [6.07, 6.45) is 0. The first-order valence-electron chi connectivity index (χ1n) is 5.43. The van der Waals surface area contributed by atoms with E-state index in [1.807, 2.05) is 29.8 Å². The van der Waals surface area contributed by atoms with E-state index in [0.717, 1.165) is 10.2 Å². The molecule has 0 bridgehead atoms. The standard InChI is InChI=1S/C13H10N2OS2/c1-8-2-3-10-11(6-8)18-13(14-10)15-12(16)9-4-5-17-7-9/h2-7H,1H3,(H,14,15,16). The number of fused-ring (bicyclic) bond motifs is 1. The molecule has 0 aliphatic rings. The highest BCUT2D eigenvalue weighted by molar-refractivity contribution is 7.22. The molecule has 0 saturated heterocycles. The maximum absolute atomic E-state index is 11.9. The van der Waals surface area contributed by atoms with Gasteiger partial charge in [-0.05, 0) is 36.1 Å². The highest BCUT2D eigenvalue weighted by Gasteiger charge is 2.09. The Morgan fingerprint density at radius 3 is 3.00 bits per heavy atom. The quantitative estimate of drug-likeness (QED) is 0.769. The highest BCUT2D eigenvalue weighted by atomic mass is 32.1. The molecular weight excluding hydrogens is 264 g/mol. The largest absolute Gasteiger partial charge is 0.298 e. The number of amides is 1. The van der Waals surface area contributed by atoms with Crippen molar-refractivity contribution in [1.29, 1.82) is 0 Å². The van der Waals surface area contributed by atoms with E-state index in [0.29, 0.717) is 10.7 Å². The zero-order valence-corrected chi connectivity index (χ0v) is 11.3. The molecular formula is C13H10N2OS2. The third-order valence-corrected chi connectivity index (χ3v) is 4.16. The van der Waals surface area contributed by atoms with Crippen molar-refractivity contribution in [1.82, 2.24) is 4.98 Å². The molecule has 0 aliphatic heterocycles. The molecule has 2 heterocycles. The van der Waals surface area contributed by atoms with E-state index in [9.17, 15) is 4.79 Å². The summed E-state index contributed by atoms with van der Waals surface area (Å²) in [5.41, 5.74) is 2.79. The number of thiophene rings is 1. The Morgan fingerprint density at radius 2 is 2.22 bits per heavy atom. The van der Waals surface area contributed by atoms with Crippen LogP contribution >= 0.6 is 22.7 Å². The summed E-state index contributed by atoms with van der Waals surface area (Å²) in [6.45, 7) is 2.04. The Labute approximate surface area is 112 Å². The smallest absolute Gasteiger partial charge is 0.258 e. The Bertz CT molecular complexity index is 701. The molecule has 0 radical (unpaired) electrons. The second-order valence-electron chi connectivity index (χ2n) is 3.96. The summed E-state index contributed by atoms with van der Waals surface area (Å²) in [5.74, 6) is -0.105. The number of nitrogens with zero attached hydrogens (tertiary/aromatic N) is 1.